The number of carbonyl (C=O) groups is 2. The van der Waals surface area contributed by atoms with E-state index in [0.29, 0.717) is 17.7 Å². The highest BCUT2D eigenvalue weighted by molar-refractivity contribution is 5.95. The Hall–Kier alpha value is -1.88. The van der Waals surface area contributed by atoms with Gasteiger partial charge in [0.25, 0.3) is 0 Å². The van der Waals surface area contributed by atoms with Crippen LogP contribution in [0.3, 0.4) is 0 Å². The highest BCUT2D eigenvalue weighted by atomic mass is 16.3. The Bertz CT molecular complexity index is 484. The van der Waals surface area contributed by atoms with Crippen LogP contribution in [-0.2, 0) is 0 Å². The molecule has 1 aromatic carbocycles. The van der Waals surface area contributed by atoms with E-state index >= 15 is 0 Å². The number of urea groups is 1. The highest BCUT2D eigenvalue weighted by Crippen LogP contribution is 2.18. The molecule has 0 spiro atoms. The highest BCUT2D eigenvalue weighted by Gasteiger charge is 2.21. The van der Waals surface area contributed by atoms with Crippen LogP contribution in [0.15, 0.2) is 24.3 Å². The molecule has 1 aliphatic carbocycles. The molecule has 0 saturated heterocycles. The van der Waals surface area contributed by atoms with Gasteiger partial charge >= 0.3 is 6.03 Å². The molecule has 0 aromatic heterocycles. The summed E-state index contributed by atoms with van der Waals surface area (Å²) in [5, 5.41) is 15.1. The first-order valence-corrected chi connectivity index (χ1v) is 6.91. The van der Waals surface area contributed by atoms with Crippen LogP contribution < -0.4 is 10.6 Å². The second-order valence-electron chi connectivity index (χ2n) is 5.25. The minimum absolute atomic E-state index is 0.00260. The minimum Gasteiger partial charge on any atom is -0.393 e. The molecule has 2 amide bonds. The lowest BCUT2D eigenvalue weighted by molar-refractivity contribution is 0.101. The lowest BCUT2D eigenvalue weighted by atomic mass is 9.93. The van der Waals surface area contributed by atoms with Gasteiger partial charge in [-0.3, -0.25) is 4.79 Å². The maximum atomic E-state index is 11.8. The van der Waals surface area contributed by atoms with Crippen LogP contribution in [0.2, 0.25) is 0 Å². The first-order chi connectivity index (χ1) is 9.54. The molecule has 2 atom stereocenters. The monoisotopic (exact) mass is 276 g/mol. The predicted octanol–water partition coefficient (Wildman–Crippen LogP) is 2.31. The third-order valence-corrected chi connectivity index (χ3v) is 3.53. The molecule has 1 fully saturated rings. The number of nitrogens with one attached hydrogen (secondary N) is 2. The molecule has 2 unspecified atom stereocenters. The summed E-state index contributed by atoms with van der Waals surface area (Å²) in [6.07, 6.45) is 2.93. The van der Waals surface area contributed by atoms with Crippen molar-refractivity contribution in [2.45, 2.75) is 44.8 Å². The van der Waals surface area contributed by atoms with E-state index in [9.17, 15) is 14.7 Å². The Kier molecular flexibility index (Phi) is 4.74. The van der Waals surface area contributed by atoms with Gasteiger partial charge in [0.2, 0.25) is 0 Å². The summed E-state index contributed by atoms with van der Waals surface area (Å²) < 4.78 is 0. The van der Waals surface area contributed by atoms with Crippen molar-refractivity contribution in [3.05, 3.63) is 29.8 Å². The van der Waals surface area contributed by atoms with E-state index < -0.39 is 0 Å². The topological polar surface area (TPSA) is 78.4 Å². The second kappa shape index (κ2) is 6.52. The van der Waals surface area contributed by atoms with Crippen molar-refractivity contribution in [2.75, 3.05) is 5.32 Å². The van der Waals surface area contributed by atoms with Crippen LogP contribution in [0, 0.1) is 0 Å². The van der Waals surface area contributed by atoms with Crippen LogP contribution in [0.4, 0.5) is 10.5 Å². The summed E-state index contributed by atoms with van der Waals surface area (Å²) in [5.74, 6) is -0.00260. The molecule has 2 rings (SSSR count). The molecule has 20 heavy (non-hydrogen) atoms. The SMILES string of the molecule is CC(=O)c1ccc(NC(=O)NC2CCCC(O)C2)cc1. The van der Waals surface area contributed by atoms with E-state index in [1.165, 1.54) is 6.92 Å². The molecular weight excluding hydrogens is 256 g/mol. The van der Waals surface area contributed by atoms with Gasteiger partial charge < -0.3 is 15.7 Å². The van der Waals surface area contributed by atoms with Crippen LogP contribution in [0.1, 0.15) is 43.0 Å². The quantitative estimate of drug-likeness (QED) is 0.741. The number of carbonyl (C=O) groups excluding carboxylic acids is 2. The number of aliphatic hydroxyl groups is 1. The fraction of sp³-hybridized carbons (Fsp3) is 0.467. The van der Waals surface area contributed by atoms with Gasteiger partial charge in [0.1, 0.15) is 0 Å². The van der Waals surface area contributed by atoms with Crippen LogP contribution >= 0.6 is 0 Å². The summed E-state index contributed by atoms with van der Waals surface area (Å²) >= 11 is 0. The molecular formula is C15H20N2O3. The number of benzene rings is 1. The maximum absolute atomic E-state index is 11.8. The summed E-state index contributed by atoms with van der Waals surface area (Å²) in [4.78, 5) is 23.0. The third kappa shape index (κ3) is 4.06. The largest absolute Gasteiger partial charge is 0.393 e. The van der Waals surface area contributed by atoms with Crippen molar-refractivity contribution >= 4 is 17.5 Å². The van der Waals surface area contributed by atoms with Gasteiger partial charge in [-0.05, 0) is 56.9 Å². The van der Waals surface area contributed by atoms with E-state index in [4.69, 9.17) is 0 Å². The molecule has 1 aliphatic rings. The molecule has 0 radical (unpaired) electrons. The van der Waals surface area contributed by atoms with Gasteiger partial charge in [0.15, 0.2) is 5.78 Å². The van der Waals surface area contributed by atoms with Crippen LogP contribution in [-0.4, -0.2) is 29.1 Å². The van der Waals surface area contributed by atoms with Crippen molar-refractivity contribution in [1.82, 2.24) is 5.32 Å². The zero-order chi connectivity index (χ0) is 14.5. The van der Waals surface area contributed by atoms with E-state index in [1.807, 2.05) is 0 Å². The van der Waals surface area contributed by atoms with Crippen molar-refractivity contribution in [3.8, 4) is 0 Å². The van der Waals surface area contributed by atoms with Crippen molar-refractivity contribution in [2.24, 2.45) is 0 Å². The zero-order valence-electron chi connectivity index (χ0n) is 11.6. The van der Waals surface area contributed by atoms with E-state index in [-0.39, 0.29) is 24.0 Å². The summed E-state index contributed by atoms with van der Waals surface area (Å²) in [6.45, 7) is 1.50. The Morgan fingerprint density at radius 2 is 1.90 bits per heavy atom. The van der Waals surface area contributed by atoms with Crippen molar-refractivity contribution in [1.29, 1.82) is 0 Å². The first kappa shape index (κ1) is 14.5. The fourth-order valence-electron chi connectivity index (χ4n) is 2.44. The second-order valence-corrected chi connectivity index (χ2v) is 5.25. The number of Topliss-reactive ketones (excluding diaryl/α,β-unsaturated/α-hetero) is 1. The van der Waals surface area contributed by atoms with E-state index in [1.54, 1.807) is 24.3 Å². The normalized spacial score (nSPS) is 22.1. The fourth-order valence-corrected chi connectivity index (χ4v) is 2.44. The van der Waals surface area contributed by atoms with Gasteiger partial charge in [-0.2, -0.15) is 0 Å². The third-order valence-electron chi connectivity index (χ3n) is 3.53. The molecule has 0 bridgehead atoms. The number of amides is 2. The number of hydrogen-bond acceptors (Lipinski definition) is 3. The number of rotatable bonds is 3. The summed E-state index contributed by atoms with van der Waals surface area (Å²) in [5.41, 5.74) is 1.26. The lowest BCUT2D eigenvalue weighted by Gasteiger charge is -2.26. The molecule has 108 valence electrons. The van der Waals surface area contributed by atoms with Gasteiger partial charge in [0.05, 0.1) is 6.10 Å². The Morgan fingerprint density at radius 1 is 1.20 bits per heavy atom. The standard InChI is InChI=1S/C15H20N2O3/c1-10(18)11-5-7-12(8-6-11)16-15(20)17-13-3-2-4-14(19)9-13/h5-8,13-14,19H,2-4,9H2,1H3,(H2,16,17,20). The molecule has 5 heteroatoms. The summed E-state index contributed by atoms with van der Waals surface area (Å²) in [6, 6.07) is 6.51. The summed E-state index contributed by atoms with van der Waals surface area (Å²) in [7, 11) is 0. The van der Waals surface area contributed by atoms with Gasteiger partial charge in [0, 0.05) is 17.3 Å². The minimum atomic E-state index is -0.316. The molecule has 1 saturated carbocycles. The first-order valence-electron chi connectivity index (χ1n) is 6.91. The maximum Gasteiger partial charge on any atom is 0.319 e. The van der Waals surface area contributed by atoms with E-state index in [2.05, 4.69) is 10.6 Å². The number of hydrogen-bond donors (Lipinski definition) is 3. The Morgan fingerprint density at radius 3 is 2.50 bits per heavy atom. The predicted molar refractivity (Wildman–Crippen MR) is 76.9 cm³/mol. The van der Waals surface area contributed by atoms with Crippen molar-refractivity contribution < 1.29 is 14.7 Å². The molecule has 0 heterocycles. The molecule has 0 aliphatic heterocycles. The number of ketones is 1. The number of aliphatic hydroxyl groups excluding tert-OH is 1. The smallest absolute Gasteiger partial charge is 0.319 e. The van der Waals surface area contributed by atoms with Crippen LogP contribution in [0.25, 0.3) is 0 Å². The van der Waals surface area contributed by atoms with Crippen LogP contribution in [0.5, 0.6) is 0 Å². The Labute approximate surface area is 118 Å². The number of anilines is 1. The lowest BCUT2D eigenvalue weighted by Crippen LogP contribution is -2.41. The van der Waals surface area contributed by atoms with Crippen molar-refractivity contribution in [3.63, 3.8) is 0 Å². The average Bonchev–Trinajstić information content (AvgIpc) is 2.39. The molecule has 1 aromatic rings. The molecule has 3 N–H and O–H groups in total. The van der Waals surface area contributed by atoms with Gasteiger partial charge in [-0.25, -0.2) is 4.79 Å². The van der Waals surface area contributed by atoms with Gasteiger partial charge in [-0.1, -0.05) is 0 Å². The Balaban J connectivity index is 1.86. The van der Waals surface area contributed by atoms with E-state index in [0.717, 1.165) is 19.3 Å². The van der Waals surface area contributed by atoms with Gasteiger partial charge in [-0.15, -0.1) is 0 Å². The molecule has 5 nitrogen and oxygen atoms in total. The average molecular weight is 276 g/mol. The zero-order valence-corrected chi connectivity index (χ0v) is 11.6.